The number of hydrogen-bond donors (Lipinski definition) is 1. The Balaban J connectivity index is 2.14. The summed E-state index contributed by atoms with van der Waals surface area (Å²) in [5.74, 6) is -0.588. The number of carbonyl (C=O) groups is 2. The molecule has 1 heterocycles. The van der Waals surface area contributed by atoms with Crippen molar-refractivity contribution in [3.8, 4) is 0 Å². The molecule has 1 atom stereocenters. The molecule has 0 spiro atoms. The number of nitrogens with one attached hydrogen (secondary N) is 1. The Bertz CT molecular complexity index is 431. The second kappa shape index (κ2) is 3.90. The number of benzene rings is 1. The zero-order valence-corrected chi connectivity index (χ0v) is 10.3. The van der Waals surface area contributed by atoms with Gasteiger partial charge in [0.05, 0.1) is 6.54 Å². The van der Waals surface area contributed by atoms with Gasteiger partial charge in [-0.05, 0) is 12.5 Å². The van der Waals surface area contributed by atoms with Crippen LogP contribution in [-0.4, -0.2) is 21.1 Å². The predicted molar refractivity (Wildman–Crippen MR) is 62.5 cm³/mol. The molecule has 1 unspecified atom stereocenters. The monoisotopic (exact) mass is 282 g/mol. The molecule has 1 aliphatic rings. The summed E-state index contributed by atoms with van der Waals surface area (Å²) in [6.07, 6.45) is 0. The van der Waals surface area contributed by atoms with Gasteiger partial charge in [0.2, 0.25) is 0 Å². The average molecular weight is 283 g/mol. The topological polar surface area (TPSA) is 49.4 Å². The molecule has 0 aromatic heterocycles. The molecule has 0 aliphatic carbocycles. The normalized spacial score (nSPS) is 24.8. The van der Waals surface area contributed by atoms with Crippen LogP contribution in [0.5, 0.6) is 0 Å². The number of alkyl halides is 1. The molecule has 0 saturated carbocycles. The molecule has 1 saturated heterocycles. The highest BCUT2D eigenvalue weighted by Gasteiger charge is 2.48. The molecule has 16 heavy (non-hydrogen) atoms. The minimum atomic E-state index is -1.14. The number of hydrogen-bond acceptors (Lipinski definition) is 2. The van der Waals surface area contributed by atoms with Crippen LogP contribution >= 0.6 is 15.9 Å². The maximum Gasteiger partial charge on any atom is 0.267 e. The van der Waals surface area contributed by atoms with E-state index in [0.29, 0.717) is 6.54 Å². The zero-order chi connectivity index (χ0) is 11.8. The molecule has 4 nitrogen and oxygen atoms in total. The van der Waals surface area contributed by atoms with E-state index < -0.39 is 4.32 Å². The lowest BCUT2D eigenvalue weighted by molar-refractivity contribution is -0.131. The van der Waals surface area contributed by atoms with Crippen LogP contribution in [0.4, 0.5) is 0 Å². The minimum absolute atomic E-state index is 0.263. The van der Waals surface area contributed by atoms with Crippen molar-refractivity contribution >= 4 is 27.7 Å². The van der Waals surface area contributed by atoms with Crippen LogP contribution in [0.2, 0.25) is 0 Å². The van der Waals surface area contributed by atoms with E-state index in [1.54, 1.807) is 6.92 Å². The van der Waals surface area contributed by atoms with E-state index in [9.17, 15) is 9.59 Å². The van der Waals surface area contributed by atoms with Crippen LogP contribution in [0, 0.1) is 0 Å². The quantitative estimate of drug-likeness (QED) is 0.655. The van der Waals surface area contributed by atoms with E-state index in [4.69, 9.17) is 0 Å². The molecule has 0 bridgehead atoms. The molecular weight excluding hydrogens is 272 g/mol. The molecule has 1 aliphatic heterocycles. The number of amides is 2. The first-order valence-corrected chi connectivity index (χ1v) is 5.67. The van der Waals surface area contributed by atoms with Gasteiger partial charge in [-0.25, -0.2) is 5.01 Å². The molecule has 5 heteroatoms. The molecule has 1 aromatic carbocycles. The summed E-state index contributed by atoms with van der Waals surface area (Å²) in [5, 5.41) is 1.33. The SMILES string of the molecule is CC1(Br)C(=O)NN(Cc2ccccc2)C1=O. The van der Waals surface area contributed by atoms with Gasteiger partial charge in [0.1, 0.15) is 0 Å². The minimum Gasteiger partial charge on any atom is -0.271 e. The maximum atomic E-state index is 11.8. The largest absolute Gasteiger partial charge is 0.271 e. The van der Waals surface area contributed by atoms with Crippen LogP contribution in [-0.2, 0) is 16.1 Å². The first-order chi connectivity index (χ1) is 7.51. The molecule has 2 rings (SSSR count). The van der Waals surface area contributed by atoms with Gasteiger partial charge >= 0.3 is 0 Å². The summed E-state index contributed by atoms with van der Waals surface area (Å²) in [4.78, 5) is 23.3. The van der Waals surface area contributed by atoms with E-state index >= 15 is 0 Å². The lowest BCUT2D eigenvalue weighted by Gasteiger charge is -2.15. The van der Waals surface area contributed by atoms with E-state index in [-0.39, 0.29) is 11.8 Å². The lowest BCUT2D eigenvalue weighted by Crippen LogP contribution is -2.35. The lowest BCUT2D eigenvalue weighted by atomic mass is 10.1. The molecule has 84 valence electrons. The van der Waals surface area contributed by atoms with Crippen LogP contribution in [0.25, 0.3) is 0 Å². The summed E-state index contributed by atoms with van der Waals surface area (Å²) in [6.45, 7) is 1.93. The van der Waals surface area contributed by atoms with Crippen molar-refractivity contribution in [3.63, 3.8) is 0 Å². The zero-order valence-electron chi connectivity index (χ0n) is 8.74. The second-order valence-corrected chi connectivity index (χ2v) is 5.41. The van der Waals surface area contributed by atoms with E-state index in [2.05, 4.69) is 21.4 Å². The van der Waals surface area contributed by atoms with Gasteiger partial charge in [-0.15, -0.1) is 0 Å². The van der Waals surface area contributed by atoms with Crippen LogP contribution in [0.3, 0.4) is 0 Å². The smallest absolute Gasteiger partial charge is 0.267 e. The standard InChI is InChI=1S/C11H11BrN2O2/c1-11(12)9(15)13-14(10(11)16)7-8-5-3-2-4-6-8/h2-6H,7H2,1H3,(H,13,15). The van der Waals surface area contributed by atoms with Crippen molar-refractivity contribution < 1.29 is 9.59 Å². The highest BCUT2D eigenvalue weighted by Crippen LogP contribution is 2.26. The number of rotatable bonds is 2. The third-order valence-electron chi connectivity index (χ3n) is 2.49. The highest BCUT2D eigenvalue weighted by molar-refractivity contribution is 9.10. The Morgan fingerprint density at radius 1 is 1.31 bits per heavy atom. The van der Waals surface area contributed by atoms with Gasteiger partial charge in [0.25, 0.3) is 11.8 Å². The number of carbonyl (C=O) groups excluding carboxylic acids is 2. The Labute approximate surface area is 102 Å². The van der Waals surface area contributed by atoms with Crippen molar-refractivity contribution in [3.05, 3.63) is 35.9 Å². The van der Waals surface area contributed by atoms with E-state index in [1.165, 1.54) is 5.01 Å². The summed E-state index contributed by atoms with van der Waals surface area (Å²) >= 11 is 3.12. The van der Waals surface area contributed by atoms with Crippen molar-refractivity contribution in [2.45, 2.75) is 17.8 Å². The van der Waals surface area contributed by atoms with Crippen molar-refractivity contribution in [1.29, 1.82) is 0 Å². The van der Waals surface area contributed by atoms with Gasteiger partial charge < -0.3 is 0 Å². The Morgan fingerprint density at radius 3 is 2.44 bits per heavy atom. The summed E-state index contributed by atoms with van der Waals surface area (Å²) in [6, 6.07) is 9.51. The fraction of sp³-hybridized carbons (Fsp3) is 0.273. The Morgan fingerprint density at radius 2 is 1.94 bits per heavy atom. The number of halogens is 1. The van der Waals surface area contributed by atoms with Gasteiger partial charge in [-0.1, -0.05) is 46.3 Å². The maximum absolute atomic E-state index is 11.8. The first kappa shape index (κ1) is 11.1. The van der Waals surface area contributed by atoms with Crippen LogP contribution < -0.4 is 5.43 Å². The van der Waals surface area contributed by atoms with Crippen LogP contribution in [0.15, 0.2) is 30.3 Å². The Hall–Kier alpha value is -1.36. The molecule has 1 N–H and O–H groups in total. The van der Waals surface area contributed by atoms with E-state index in [1.807, 2.05) is 30.3 Å². The third-order valence-corrected chi connectivity index (χ3v) is 3.19. The predicted octanol–water partition coefficient (Wildman–Crippen LogP) is 1.21. The van der Waals surface area contributed by atoms with Gasteiger partial charge in [-0.3, -0.25) is 15.0 Å². The summed E-state index contributed by atoms with van der Waals surface area (Å²) in [7, 11) is 0. The van der Waals surface area contributed by atoms with E-state index in [0.717, 1.165) is 5.56 Å². The van der Waals surface area contributed by atoms with Gasteiger partial charge in [0, 0.05) is 0 Å². The highest BCUT2D eigenvalue weighted by atomic mass is 79.9. The summed E-state index contributed by atoms with van der Waals surface area (Å²) < 4.78 is -1.14. The molecule has 2 amide bonds. The van der Waals surface area contributed by atoms with Crippen LogP contribution in [0.1, 0.15) is 12.5 Å². The molecule has 0 radical (unpaired) electrons. The van der Waals surface area contributed by atoms with Gasteiger partial charge in [-0.2, -0.15) is 0 Å². The molecule has 1 aromatic rings. The fourth-order valence-corrected chi connectivity index (χ4v) is 1.81. The average Bonchev–Trinajstić information content (AvgIpc) is 2.45. The molecular formula is C11H11BrN2O2. The number of hydrazine groups is 1. The summed E-state index contributed by atoms with van der Waals surface area (Å²) in [5.41, 5.74) is 3.51. The second-order valence-electron chi connectivity index (χ2n) is 3.82. The van der Waals surface area contributed by atoms with Crippen molar-refractivity contribution in [2.75, 3.05) is 0 Å². The van der Waals surface area contributed by atoms with Crippen molar-refractivity contribution in [2.24, 2.45) is 0 Å². The number of nitrogens with zero attached hydrogens (tertiary/aromatic N) is 1. The Kier molecular flexibility index (Phi) is 2.71. The molecule has 1 fully saturated rings. The van der Waals surface area contributed by atoms with Gasteiger partial charge in [0.15, 0.2) is 4.32 Å². The van der Waals surface area contributed by atoms with Crippen molar-refractivity contribution in [1.82, 2.24) is 10.4 Å². The fourth-order valence-electron chi connectivity index (χ4n) is 1.51. The first-order valence-electron chi connectivity index (χ1n) is 4.87. The third kappa shape index (κ3) is 1.82.